The number of rotatable bonds is 3. The highest BCUT2D eigenvalue weighted by molar-refractivity contribution is 6.33. The van der Waals surface area contributed by atoms with E-state index in [-0.39, 0.29) is 29.7 Å². The molecule has 1 aromatic rings. The van der Waals surface area contributed by atoms with Crippen molar-refractivity contribution < 1.29 is 19.4 Å². The maximum atomic E-state index is 12.3. The Hall–Kier alpha value is -1.66. The van der Waals surface area contributed by atoms with Crippen molar-refractivity contribution in [3.05, 3.63) is 29.0 Å². The summed E-state index contributed by atoms with van der Waals surface area (Å²) in [7, 11) is 1.49. The van der Waals surface area contributed by atoms with E-state index in [9.17, 15) is 9.59 Å². The predicted octanol–water partition coefficient (Wildman–Crippen LogP) is 1.05. The summed E-state index contributed by atoms with van der Waals surface area (Å²) in [4.78, 5) is 28.6. The Morgan fingerprint density at radius 3 is 2.89 bits per heavy atom. The lowest BCUT2D eigenvalue weighted by Crippen LogP contribution is -2.40. The first-order valence-corrected chi connectivity index (χ1v) is 6.08. The van der Waals surface area contributed by atoms with E-state index in [2.05, 4.69) is 4.98 Å². The second-order valence-electron chi connectivity index (χ2n) is 4.26. The summed E-state index contributed by atoms with van der Waals surface area (Å²) >= 11 is 5.93. The second kappa shape index (κ2) is 5.54. The SMILES string of the molecule is COC1CC(C(=O)O)N(C(=O)c2cnccc2Cl)C1. The number of nitrogens with zero attached hydrogens (tertiary/aromatic N) is 2. The molecule has 2 unspecified atom stereocenters. The van der Waals surface area contributed by atoms with Crippen LogP contribution in [-0.4, -0.2) is 52.7 Å². The van der Waals surface area contributed by atoms with Crippen LogP contribution in [0.25, 0.3) is 0 Å². The predicted molar refractivity (Wildman–Crippen MR) is 67.1 cm³/mol. The number of carbonyl (C=O) groups is 2. The molecule has 1 aromatic heterocycles. The first-order valence-electron chi connectivity index (χ1n) is 5.70. The minimum atomic E-state index is -1.05. The van der Waals surface area contributed by atoms with Gasteiger partial charge in [-0.2, -0.15) is 0 Å². The lowest BCUT2D eigenvalue weighted by Gasteiger charge is -2.21. The molecule has 19 heavy (non-hydrogen) atoms. The number of carboxylic acids is 1. The van der Waals surface area contributed by atoms with E-state index in [0.717, 1.165) is 0 Å². The topological polar surface area (TPSA) is 79.7 Å². The summed E-state index contributed by atoms with van der Waals surface area (Å²) in [6.07, 6.45) is 2.80. The molecule has 1 aliphatic heterocycles. The number of methoxy groups -OCH3 is 1. The van der Waals surface area contributed by atoms with Crippen molar-refractivity contribution in [2.45, 2.75) is 18.6 Å². The molecule has 0 saturated carbocycles. The quantitative estimate of drug-likeness (QED) is 0.897. The van der Waals surface area contributed by atoms with Crippen molar-refractivity contribution in [3.8, 4) is 0 Å². The van der Waals surface area contributed by atoms with Gasteiger partial charge in [-0.1, -0.05) is 11.6 Å². The minimum Gasteiger partial charge on any atom is -0.480 e. The van der Waals surface area contributed by atoms with Gasteiger partial charge in [0.1, 0.15) is 6.04 Å². The van der Waals surface area contributed by atoms with Gasteiger partial charge in [0, 0.05) is 32.5 Å². The number of aromatic nitrogens is 1. The molecule has 0 aromatic carbocycles. The van der Waals surface area contributed by atoms with Crippen LogP contribution in [0.4, 0.5) is 0 Å². The normalized spacial score (nSPS) is 22.5. The van der Waals surface area contributed by atoms with E-state index < -0.39 is 17.9 Å². The third-order valence-electron chi connectivity index (χ3n) is 3.14. The van der Waals surface area contributed by atoms with Crippen LogP contribution >= 0.6 is 11.6 Å². The molecule has 1 fully saturated rings. The van der Waals surface area contributed by atoms with Crippen LogP contribution in [0.2, 0.25) is 5.02 Å². The van der Waals surface area contributed by atoms with E-state index in [0.29, 0.717) is 0 Å². The molecule has 2 heterocycles. The molecule has 7 heteroatoms. The van der Waals surface area contributed by atoms with Crippen molar-refractivity contribution >= 4 is 23.5 Å². The number of hydrogen-bond acceptors (Lipinski definition) is 4. The Kier molecular flexibility index (Phi) is 4.01. The highest BCUT2D eigenvalue weighted by Gasteiger charge is 2.40. The molecule has 0 spiro atoms. The second-order valence-corrected chi connectivity index (χ2v) is 4.67. The Balaban J connectivity index is 2.27. The number of amides is 1. The Morgan fingerprint density at radius 2 is 2.32 bits per heavy atom. The average molecular weight is 285 g/mol. The zero-order chi connectivity index (χ0) is 14.0. The van der Waals surface area contributed by atoms with Gasteiger partial charge in [-0.25, -0.2) is 4.79 Å². The summed E-state index contributed by atoms with van der Waals surface area (Å²) in [6.45, 7) is 0.234. The first kappa shape index (κ1) is 13.8. The maximum absolute atomic E-state index is 12.3. The van der Waals surface area contributed by atoms with E-state index >= 15 is 0 Å². The Morgan fingerprint density at radius 1 is 1.58 bits per heavy atom. The van der Waals surface area contributed by atoms with Crippen LogP contribution in [0.3, 0.4) is 0 Å². The molecular weight excluding hydrogens is 272 g/mol. The molecule has 0 bridgehead atoms. The molecule has 1 N–H and O–H groups in total. The fraction of sp³-hybridized carbons (Fsp3) is 0.417. The van der Waals surface area contributed by atoms with Crippen molar-refractivity contribution in [1.29, 1.82) is 0 Å². The van der Waals surface area contributed by atoms with Gasteiger partial charge < -0.3 is 14.7 Å². The van der Waals surface area contributed by atoms with Gasteiger partial charge in [-0.05, 0) is 6.07 Å². The summed E-state index contributed by atoms with van der Waals surface area (Å²) in [6, 6.07) is 0.600. The van der Waals surface area contributed by atoms with Gasteiger partial charge in [0.2, 0.25) is 0 Å². The lowest BCUT2D eigenvalue weighted by molar-refractivity contribution is -0.141. The number of carboxylic acid groups (broad SMARTS) is 1. The number of ether oxygens (including phenoxy) is 1. The summed E-state index contributed by atoms with van der Waals surface area (Å²) in [5, 5.41) is 9.42. The third-order valence-corrected chi connectivity index (χ3v) is 3.47. The number of hydrogen-bond donors (Lipinski definition) is 1. The van der Waals surface area contributed by atoms with Crippen LogP contribution in [0.1, 0.15) is 16.8 Å². The number of carbonyl (C=O) groups excluding carboxylic acids is 1. The van der Waals surface area contributed by atoms with Crippen molar-refractivity contribution in [2.75, 3.05) is 13.7 Å². The molecular formula is C12H13ClN2O4. The molecule has 1 saturated heterocycles. The fourth-order valence-electron chi connectivity index (χ4n) is 2.12. The Bertz CT molecular complexity index is 508. The zero-order valence-corrected chi connectivity index (χ0v) is 11.0. The number of aliphatic carboxylic acids is 1. The highest BCUT2D eigenvalue weighted by atomic mass is 35.5. The molecule has 1 aliphatic rings. The first-order chi connectivity index (χ1) is 9.04. The third kappa shape index (κ3) is 2.69. The molecule has 1 amide bonds. The van der Waals surface area contributed by atoms with Gasteiger partial charge in [0.25, 0.3) is 5.91 Å². The summed E-state index contributed by atoms with van der Waals surface area (Å²) in [5.74, 6) is -1.49. The molecule has 102 valence electrons. The van der Waals surface area contributed by atoms with Gasteiger partial charge in [0.15, 0.2) is 0 Å². The van der Waals surface area contributed by atoms with Gasteiger partial charge in [0.05, 0.1) is 16.7 Å². The van der Waals surface area contributed by atoms with Crippen LogP contribution < -0.4 is 0 Å². The van der Waals surface area contributed by atoms with Crippen LogP contribution in [0.15, 0.2) is 18.5 Å². The van der Waals surface area contributed by atoms with Gasteiger partial charge in [-0.15, -0.1) is 0 Å². The maximum Gasteiger partial charge on any atom is 0.326 e. The molecule has 0 radical (unpaired) electrons. The Labute approximate surface area is 114 Å². The van der Waals surface area contributed by atoms with E-state index in [1.165, 1.54) is 30.5 Å². The summed E-state index contributed by atoms with van der Waals surface area (Å²) in [5.41, 5.74) is 0.201. The minimum absolute atomic E-state index is 0.201. The molecule has 2 rings (SSSR count). The lowest BCUT2D eigenvalue weighted by atomic mass is 10.2. The highest BCUT2D eigenvalue weighted by Crippen LogP contribution is 2.24. The number of pyridine rings is 1. The van der Waals surface area contributed by atoms with E-state index in [1.54, 1.807) is 0 Å². The average Bonchev–Trinajstić information content (AvgIpc) is 2.83. The zero-order valence-electron chi connectivity index (χ0n) is 10.2. The van der Waals surface area contributed by atoms with E-state index in [1.807, 2.05) is 0 Å². The number of halogens is 1. The van der Waals surface area contributed by atoms with Crippen molar-refractivity contribution in [2.24, 2.45) is 0 Å². The van der Waals surface area contributed by atoms with Crippen LogP contribution in [0.5, 0.6) is 0 Å². The molecule has 6 nitrogen and oxygen atoms in total. The van der Waals surface area contributed by atoms with Crippen LogP contribution in [-0.2, 0) is 9.53 Å². The monoisotopic (exact) mass is 284 g/mol. The fourth-order valence-corrected chi connectivity index (χ4v) is 2.30. The van der Waals surface area contributed by atoms with Crippen molar-refractivity contribution in [1.82, 2.24) is 9.88 Å². The van der Waals surface area contributed by atoms with Crippen LogP contribution in [0, 0.1) is 0 Å². The molecule has 0 aliphatic carbocycles. The number of likely N-dealkylation sites (tertiary alicyclic amines) is 1. The summed E-state index contributed by atoms with van der Waals surface area (Å²) < 4.78 is 5.13. The van der Waals surface area contributed by atoms with Gasteiger partial charge in [-0.3, -0.25) is 9.78 Å². The molecule has 2 atom stereocenters. The standard InChI is InChI=1S/C12H13ClN2O4/c1-19-7-4-10(12(17)18)15(6-7)11(16)8-5-14-3-2-9(8)13/h2-3,5,7,10H,4,6H2,1H3,(H,17,18). The largest absolute Gasteiger partial charge is 0.480 e. The van der Waals surface area contributed by atoms with E-state index in [4.69, 9.17) is 21.4 Å². The smallest absolute Gasteiger partial charge is 0.326 e. The van der Waals surface area contributed by atoms with Gasteiger partial charge >= 0.3 is 5.97 Å². The van der Waals surface area contributed by atoms with Crippen molar-refractivity contribution in [3.63, 3.8) is 0 Å².